The van der Waals surface area contributed by atoms with Crippen LogP contribution in [0.25, 0.3) is 0 Å². The minimum Gasteiger partial charge on any atom is -0.324 e. The maximum Gasteiger partial charge on any atom is 0.262 e. The molecular weight excluding hydrogens is 364 g/mol. The Morgan fingerprint density at radius 1 is 0.862 bits per heavy atom. The highest BCUT2D eigenvalue weighted by molar-refractivity contribution is 6.22. The highest BCUT2D eigenvalue weighted by atomic mass is 16.2. The van der Waals surface area contributed by atoms with Crippen molar-refractivity contribution >= 4 is 23.4 Å². The third-order valence-corrected chi connectivity index (χ3v) is 4.96. The van der Waals surface area contributed by atoms with E-state index < -0.39 is 17.7 Å². The second-order valence-electron chi connectivity index (χ2n) is 7.11. The molecule has 0 unspecified atom stereocenters. The van der Waals surface area contributed by atoms with Gasteiger partial charge in [0, 0.05) is 5.69 Å². The quantitative estimate of drug-likeness (QED) is 0.680. The van der Waals surface area contributed by atoms with Crippen LogP contribution >= 0.6 is 0 Å². The molecule has 29 heavy (non-hydrogen) atoms. The van der Waals surface area contributed by atoms with Crippen LogP contribution in [0, 0.1) is 6.92 Å². The highest BCUT2D eigenvalue weighted by Gasteiger charge is 2.36. The Balaban J connectivity index is 1.49. The van der Waals surface area contributed by atoms with Crippen molar-refractivity contribution in [3.05, 3.63) is 101 Å². The van der Waals surface area contributed by atoms with E-state index in [4.69, 9.17) is 0 Å². The first-order chi connectivity index (χ1) is 14.0. The summed E-state index contributed by atoms with van der Waals surface area (Å²) in [5, 5.41) is 2.85. The molecule has 0 aromatic heterocycles. The van der Waals surface area contributed by atoms with Crippen LogP contribution in [0.5, 0.6) is 0 Å². The first-order valence-corrected chi connectivity index (χ1v) is 9.41. The Morgan fingerprint density at radius 3 is 2.34 bits per heavy atom. The van der Waals surface area contributed by atoms with E-state index in [0.717, 1.165) is 21.6 Å². The van der Waals surface area contributed by atoms with Gasteiger partial charge in [0.1, 0.15) is 6.54 Å². The summed E-state index contributed by atoms with van der Waals surface area (Å²) in [6.07, 6.45) is 0.670. The average Bonchev–Trinajstić information content (AvgIpc) is 2.94. The number of nitrogens with one attached hydrogen (secondary N) is 1. The molecule has 4 rings (SSSR count). The minimum absolute atomic E-state index is 0.314. The number of imide groups is 1. The largest absolute Gasteiger partial charge is 0.324 e. The smallest absolute Gasteiger partial charge is 0.262 e. The van der Waals surface area contributed by atoms with Gasteiger partial charge in [-0.3, -0.25) is 19.3 Å². The van der Waals surface area contributed by atoms with Gasteiger partial charge in [-0.25, -0.2) is 0 Å². The number of carbonyl (C=O) groups is 3. The van der Waals surface area contributed by atoms with Gasteiger partial charge in [-0.05, 0) is 42.7 Å². The van der Waals surface area contributed by atoms with Crippen LogP contribution in [0.3, 0.4) is 0 Å². The summed E-state index contributed by atoms with van der Waals surface area (Å²) in [6.45, 7) is 1.54. The third kappa shape index (κ3) is 3.80. The van der Waals surface area contributed by atoms with Gasteiger partial charge >= 0.3 is 0 Å². The first-order valence-electron chi connectivity index (χ1n) is 9.41. The minimum atomic E-state index is -0.433. The van der Waals surface area contributed by atoms with Crippen molar-refractivity contribution in [2.75, 3.05) is 11.9 Å². The van der Waals surface area contributed by atoms with Crippen LogP contribution in [0.15, 0.2) is 72.8 Å². The predicted octanol–water partition coefficient (Wildman–Crippen LogP) is 3.82. The Morgan fingerprint density at radius 2 is 1.55 bits per heavy atom. The Bertz CT molecular complexity index is 1110. The van der Waals surface area contributed by atoms with Crippen molar-refractivity contribution < 1.29 is 14.4 Å². The lowest BCUT2D eigenvalue weighted by molar-refractivity contribution is -0.116. The summed E-state index contributed by atoms with van der Waals surface area (Å²) in [7, 11) is 0. The lowest BCUT2D eigenvalue weighted by Gasteiger charge is -2.15. The summed E-state index contributed by atoms with van der Waals surface area (Å²) < 4.78 is 0. The zero-order valence-electron chi connectivity index (χ0n) is 16.0. The van der Waals surface area contributed by atoms with E-state index in [9.17, 15) is 14.4 Å². The fourth-order valence-electron chi connectivity index (χ4n) is 3.49. The number of aryl methyl sites for hydroxylation is 1. The molecule has 0 saturated carbocycles. The van der Waals surface area contributed by atoms with Crippen LogP contribution in [0.1, 0.15) is 37.4 Å². The molecule has 3 aromatic rings. The average molecular weight is 384 g/mol. The Kier molecular flexibility index (Phi) is 4.96. The van der Waals surface area contributed by atoms with Crippen molar-refractivity contribution in [3.8, 4) is 0 Å². The zero-order valence-corrected chi connectivity index (χ0v) is 16.0. The standard InChI is InChI=1S/C24H20N2O3/c1-16-11-12-19-20(13-16)24(29)26(23(19)28)15-22(27)25-21-10-6-5-9-18(21)14-17-7-3-2-4-8-17/h2-13H,14-15H2,1H3,(H,25,27). The molecule has 0 bridgehead atoms. The molecule has 1 N–H and O–H groups in total. The van der Waals surface area contributed by atoms with Gasteiger partial charge in [0.25, 0.3) is 11.8 Å². The number of carbonyl (C=O) groups excluding carboxylic acids is 3. The lowest BCUT2D eigenvalue weighted by atomic mass is 10.0. The van der Waals surface area contributed by atoms with Gasteiger partial charge in [-0.2, -0.15) is 0 Å². The molecule has 5 heteroatoms. The molecule has 144 valence electrons. The van der Waals surface area contributed by atoms with Crippen LogP contribution in [-0.4, -0.2) is 29.2 Å². The topological polar surface area (TPSA) is 66.5 Å². The molecule has 0 aliphatic carbocycles. The maximum atomic E-state index is 12.6. The molecular formula is C24H20N2O3. The van der Waals surface area contributed by atoms with Gasteiger partial charge in [0.15, 0.2) is 0 Å². The van der Waals surface area contributed by atoms with Gasteiger partial charge in [0.05, 0.1) is 11.1 Å². The number of benzene rings is 3. The maximum absolute atomic E-state index is 12.6. The van der Waals surface area contributed by atoms with E-state index in [-0.39, 0.29) is 6.54 Å². The molecule has 0 fully saturated rings. The predicted molar refractivity (Wildman–Crippen MR) is 111 cm³/mol. The number of fused-ring (bicyclic) bond motifs is 1. The second-order valence-corrected chi connectivity index (χ2v) is 7.11. The van der Waals surface area contributed by atoms with E-state index >= 15 is 0 Å². The van der Waals surface area contributed by atoms with Gasteiger partial charge in [-0.1, -0.05) is 60.2 Å². The van der Waals surface area contributed by atoms with Gasteiger partial charge in [0.2, 0.25) is 5.91 Å². The molecule has 1 aliphatic rings. The summed E-state index contributed by atoms with van der Waals surface area (Å²) in [5.74, 6) is -1.27. The Labute approximate surface area is 169 Å². The number of rotatable bonds is 5. The fourth-order valence-corrected chi connectivity index (χ4v) is 3.49. The lowest BCUT2D eigenvalue weighted by Crippen LogP contribution is -2.37. The molecule has 3 aromatic carbocycles. The number of hydrogen-bond donors (Lipinski definition) is 1. The molecule has 1 heterocycles. The van der Waals surface area contributed by atoms with E-state index in [0.29, 0.717) is 23.2 Å². The first kappa shape index (κ1) is 18.6. The summed E-state index contributed by atoms with van der Waals surface area (Å²) in [4.78, 5) is 38.7. The number of para-hydroxylation sites is 1. The summed E-state index contributed by atoms with van der Waals surface area (Å²) in [5.41, 5.74) is 4.36. The number of amides is 3. The fraction of sp³-hybridized carbons (Fsp3) is 0.125. The number of nitrogens with zero attached hydrogens (tertiary/aromatic N) is 1. The third-order valence-electron chi connectivity index (χ3n) is 4.96. The van der Waals surface area contributed by atoms with Crippen LogP contribution < -0.4 is 5.32 Å². The van der Waals surface area contributed by atoms with Gasteiger partial charge in [-0.15, -0.1) is 0 Å². The molecule has 0 spiro atoms. The molecule has 0 saturated heterocycles. The van der Waals surface area contributed by atoms with Crippen molar-refractivity contribution in [3.63, 3.8) is 0 Å². The summed E-state index contributed by atoms with van der Waals surface area (Å²) in [6, 6.07) is 22.6. The number of hydrogen-bond acceptors (Lipinski definition) is 3. The van der Waals surface area contributed by atoms with Crippen LogP contribution in [0.2, 0.25) is 0 Å². The summed E-state index contributed by atoms with van der Waals surface area (Å²) >= 11 is 0. The van der Waals surface area contributed by atoms with Crippen molar-refractivity contribution in [1.29, 1.82) is 0 Å². The van der Waals surface area contributed by atoms with E-state index in [1.807, 2.05) is 61.5 Å². The van der Waals surface area contributed by atoms with Crippen molar-refractivity contribution in [2.24, 2.45) is 0 Å². The molecule has 5 nitrogen and oxygen atoms in total. The van der Waals surface area contributed by atoms with E-state index in [1.165, 1.54) is 0 Å². The normalized spacial score (nSPS) is 12.8. The SMILES string of the molecule is Cc1ccc2c(c1)C(=O)N(CC(=O)Nc1ccccc1Cc1ccccc1)C2=O. The van der Waals surface area contributed by atoms with Crippen LogP contribution in [-0.2, 0) is 11.2 Å². The van der Waals surface area contributed by atoms with Crippen molar-refractivity contribution in [1.82, 2.24) is 4.90 Å². The molecule has 1 aliphatic heterocycles. The van der Waals surface area contributed by atoms with E-state index in [2.05, 4.69) is 5.32 Å². The Hall–Kier alpha value is -3.73. The molecule has 3 amide bonds. The van der Waals surface area contributed by atoms with E-state index in [1.54, 1.807) is 18.2 Å². The molecule has 0 radical (unpaired) electrons. The second kappa shape index (κ2) is 7.72. The zero-order chi connectivity index (χ0) is 20.4. The number of anilines is 1. The monoisotopic (exact) mass is 384 g/mol. The van der Waals surface area contributed by atoms with Crippen molar-refractivity contribution in [2.45, 2.75) is 13.3 Å². The van der Waals surface area contributed by atoms with Crippen LogP contribution in [0.4, 0.5) is 5.69 Å². The highest BCUT2D eigenvalue weighted by Crippen LogP contribution is 2.24. The molecule has 0 atom stereocenters. The van der Waals surface area contributed by atoms with Gasteiger partial charge < -0.3 is 5.32 Å².